The maximum Gasteiger partial charge on any atom is 0.416 e. The summed E-state index contributed by atoms with van der Waals surface area (Å²) < 4.78 is 39.5. The smallest absolute Gasteiger partial charge is 0.416 e. The van der Waals surface area contributed by atoms with Gasteiger partial charge in [0.05, 0.1) is 22.4 Å². The van der Waals surface area contributed by atoms with Gasteiger partial charge < -0.3 is 10.0 Å². The average Bonchev–Trinajstić information content (AvgIpc) is 2.90. The monoisotopic (exact) mass is 517 g/mol. The number of benzene rings is 3. The van der Waals surface area contributed by atoms with Crippen molar-refractivity contribution in [3.8, 4) is 23.1 Å². The molecule has 1 N–H and O–H groups in total. The van der Waals surface area contributed by atoms with Crippen LogP contribution in [0.25, 0.3) is 22.0 Å². The third-order valence-corrected chi connectivity index (χ3v) is 5.64. The van der Waals surface area contributed by atoms with E-state index in [0.717, 1.165) is 12.1 Å². The van der Waals surface area contributed by atoms with Gasteiger partial charge >= 0.3 is 12.1 Å². The lowest BCUT2D eigenvalue weighted by Crippen LogP contribution is -2.22. The van der Waals surface area contributed by atoms with Gasteiger partial charge in [0.15, 0.2) is 0 Å². The Bertz CT molecular complexity index is 1650. The first kappa shape index (κ1) is 26.0. The fourth-order valence-electron chi connectivity index (χ4n) is 3.83. The molecule has 1 heterocycles. The minimum Gasteiger partial charge on any atom is -0.478 e. The molecule has 10 heteroatoms. The topological polar surface area (TPSA) is 99.9 Å². The molecule has 0 radical (unpaired) electrons. The van der Waals surface area contributed by atoms with Gasteiger partial charge in [-0.05, 0) is 47.0 Å². The molecule has 0 bridgehead atoms. The van der Waals surface area contributed by atoms with E-state index in [1.54, 1.807) is 56.6 Å². The van der Waals surface area contributed by atoms with Crippen molar-refractivity contribution >= 4 is 28.3 Å². The van der Waals surface area contributed by atoms with Crippen LogP contribution in [0.4, 0.5) is 18.9 Å². The van der Waals surface area contributed by atoms with Crippen LogP contribution >= 0.6 is 0 Å². The summed E-state index contributed by atoms with van der Waals surface area (Å²) in [5.74, 6) is 3.35. The van der Waals surface area contributed by atoms with Gasteiger partial charge in [0.2, 0.25) is 0 Å². The van der Waals surface area contributed by atoms with E-state index in [1.165, 1.54) is 11.1 Å². The van der Waals surface area contributed by atoms with Crippen LogP contribution in [-0.2, 0) is 6.18 Å². The second-order valence-corrected chi connectivity index (χ2v) is 8.44. The lowest BCUT2D eigenvalue weighted by atomic mass is 9.95. The molecular weight excluding hydrogens is 499 g/mol. The summed E-state index contributed by atoms with van der Waals surface area (Å²) in [6.07, 6.45) is -3.32. The van der Waals surface area contributed by atoms with Crippen LogP contribution in [0.2, 0.25) is 0 Å². The van der Waals surface area contributed by atoms with Gasteiger partial charge in [0, 0.05) is 42.4 Å². The number of nitrogens with zero attached hydrogens (tertiary/aromatic N) is 3. The first-order valence-corrected chi connectivity index (χ1v) is 11.0. The Morgan fingerprint density at radius 1 is 0.947 bits per heavy atom. The number of pyridine rings is 1. The molecule has 7 nitrogen and oxygen atoms in total. The zero-order chi connectivity index (χ0) is 27.6. The van der Waals surface area contributed by atoms with Crippen molar-refractivity contribution in [1.29, 1.82) is 0 Å². The van der Waals surface area contributed by atoms with Gasteiger partial charge in [-0.1, -0.05) is 36.1 Å². The van der Waals surface area contributed by atoms with Gasteiger partial charge in [-0.3, -0.25) is 9.78 Å². The number of hydrogen-bond acceptors (Lipinski definition) is 5. The number of carbonyl (C=O) groups excluding carboxylic acids is 1. The number of hydrogen-bond donors (Lipinski definition) is 1. The molecule has 0 aliphatic carbocycles. The van der Waals surface area contributed by atoms with E-state index in [9.17, 15) is 27.7 Å². The van der Waals surface area contributed by atoms with Crippen molar-refractivity contribution in [1.82, 2.24) is 9.88 Å². The number of rotatable bonds is 4. The number of halogens is 3. The second-order valence-electron chi connectivity index (χ2n) is 8.44. The summed E-state index contributed by atoms with van der Waals surface area (Å²) in [5.41, 5.74) is -0.222. The van der Waals surface area contributed by atoms with E-state index in [-0.39, 0.29) is 16.8 Å². The van der Waals surface area contributed by atoms with E-state index < -0.39 is 29.2 Å². The maximum atomic E-state index is 13.2. The highest BCUT2D eigenvalue weighted by Crippen LogP contribution is 2.37. The molecule has 38 heavy (non-hydrogen) atoms. The van der Waals surface area contributed by atoms with Crippen LogP contribution in [0.1, 0.15) is 37.4 Å². The van der Waals surface area contributed by atoms with Crippen LogP contribution in [0.3, 0.4) is 0 Å². The van der Waals surface area contributed by atoms with Crippen LogP contribution in [0, 0.1) is 16.7 Å². The Hall–Kier alpha value is -5.04. The van der Waals surface area contributed by atoms with Crippen molar-refractivity contribution in [3.63, 3.8) is 0 Å². The molecule has 1 amide bonds. The lowest BCUT2D eigenvalue weighted by molar-refractivity contribution is -0.137. The Balaban J connectivity index is 1.77. The molecule has 0 aliphatic heterocycles. The molecule has 3 aromatic carbocycles. The number of aromatic nitrogens is 1. The Morgan fingerprint density at radius 2 is 1.63 bits per heavy atom. The molecule has 1 aromatic heterocycles. The van der Waals surface area contributed by atoms with Crippen molar-refractivity contribution in [2.45, 2.75) is 6.18 Å². The predicted molar refractivity (Wildman–Crippen MR) is 135 cm³/mol. The van der Waals surface area contributed by atoms with Gasteiger partial charge in [0.1, 0.15) is 5.69 Å². The summed E-state index contributed by atoms with van der Waals surface area (Å²) in [6, 6.07) is 14.1. The van der Waals surface area contributed by atoms with Gasteiger partial charge in [0.25, 0.3) is 5.91 Å². The zero-order valence-electron chi connectivity index (χ0n) is 20.0. The molecule has 0 aliphatic rings. The van der Waals surface area contributed by atoms with Crippen molar-refractivity contribution < 1.29 is 27.9 Å². The van der Waals surface area contributed by atoms with E-state index in [4.69, 9.17) is 5.11 Å². The number of alkyl halides is 3. The number of aromatic carboxylic acids is 1. The molecule has 0 saturated heterocycles. The first-order valence-electron chi connectivity index (χ1n) is 11.0. The zero-order valence-corrected chi connectivity index (χ0v) is 20.0. The fraction of sp³-hybridized carbons (Fsp3) is 0.107. The molecule has 0 atom stereocenters. The van der Waals surface area contributed by atoms with E-state index in [2.05, 4.69) is 22.0 Å². The largest absolute Gasteiger partial charge is 0.478 e. The van der Waals surface area contributed by atoms with Crippen LogP contribution in [0.5, 0.6) is 0 Å². The highest BCUT2D eigenvalue weighted by atomic mass is 19.4. The predicted octanol–water partition coefficient (Wildman–Crippen LogP) is 6.12. The third kappa shape index (κ3) is 5.22. The minimum absolute atomic E-state index is 0.0207. The second kappa shape index (κ2) is 10.1. The number of nitroso groups, excluding NO2 is 1. The highest BCUT2D eigenvalue weighted by Gasteiger charge is 2.31. The van der Waals surface area contributed by atoms with Crippen LogP contribution < -0.4 is 0 Å². The Kier molecular flexibility index (Phi) is 6.95. The summed E-state index contributed by atoms with van der Waals surface area (Å²) in [7, 11) is 3.11. The molecule has 0 saturated carbocycles. The first-order chi connectivity index (χ1) is 18.0. The standard InChI is InChI=1S/C28H18F3N3O4/c1-34(2)26(35)23-14-22(20-5-3-4-6-21(20)25(23)33-38)24-10-9-16(15-32-24)7-8-17-11-18(27(36)37)13-19(12-17)28(29,30)31/h3-6,9-15H,1-2H3,(H,36,37). The number of fused-ring (bicyclic) bond motifs is 1. The highest BCUT2D eigenvalue weighted by molar-refractivity contribution is 6.12. The maximum absolute atomic E-state index is 13.2. The van der Waals surface area contributed by atoms with Gasteiger partial charge in [-0.15, -0.1) is 4.91 Å². The Morgan fingerprint density at radius 3 is 2.21 bits per heavy atom. The minimum atomic E-state index is -4.73. The van der Waals surface area contributed by atoms with Crippen LogP contribution in [0.15, 0.2) is 72.0 Å². The van der Waals surface area contributed by atoms with Crippen molar-refractivity contribution in [3.05, 3.63) is 99.6 Å². The van der Waals surface area contributed by atoms with Gasteiger partial charge in [-0.25, -0.2) is 4.79 Å². The normalized spacial score (nSPS) is 11.0. The van der Waals surface area contributed by atoms with Crippen molar-refractivity contribution in [2.75, 3.05) is 14.1 Å². The number of amides is 1. The molecule has 4 rings (SSSR count). The number of carboxylic acids is 1. The summed E-state index contributed by atoms with van der Waals surface area (Å²) in [5, 5.41) is 13.4. The molecule has 4 aromatic rings. The quantitative estimate of drug-likeness (QED) is 0.260. The SMILES string of the molecule is CN(C)C(=O)c1cc(-c2ccc(C#Cc3cc(C(=O)O)cc(C(F)(F)F)c3)cn2)c2ccccc2c1N=O. The van der Waals surface area contributed by atoms with Crippen LogP contribution in [-0.4, -0.2) is 41.0 Å². The van der Waals surface area contributed by atoms with E-state index in [1.807, 2.05) is 0 Å². The van der Waals surface area contributed by atoms with E-state index >= 15 is 0 Å². The summed E-state index contributed by atoms with van der Waals surface area (Å²) >= 11 is 0. The molecule has 0 unspecified atom stereocenters. The lowest BCUT2D eigenvalue weighted by Gasteiger charge is -2.15. The van der Waals surface area contributed by atoms with Gasteiger partial charge in [-0.2, -0.15) is 13.2 Å². The third-order valence-electron chi connectivity index (χ3n) is 5.64. The summed E-state index contributed by atoms with van der Waals surface area (Å²) in [6.45, 7) is 0. The molecular formula is C28H18F3N3O4. The summed E-state index contributed by atoms with van der Waals surface area (Å²) in [4.78, 5) is 41.4. The van der Waals surface area contributed by atoms with E-state index in [0.29, 0.717) is 33.7 Å². The number of carboxylic acid groups (broad SMARTS) is 1. The molecule has 0 fully saturated rings. The molecule has 190 valence electrons. The van der Waals surface area contributed by atoms with Crippen molar-refractivity contribution in [2.24, 2.45) is 5.18 Å². The fourth-order valence-corrected chi connectivity index (χ4v) is 3.83. The average molecular weight is 517 g/mol. The molecule has 0 spiro atoms. The Labute approximate surface area is 214 Å². The number of carbonyl (C=O) groups is 2.